The third kappa shape index (κ3) is 2.24. The molecule has 0 saturated heterocycles. The van der Waals surface area contributed by atoms with Crippen molar-refractivity contribution >= 4 is 0 Å². The van der Waals surface area contributed by atoms with Crippen LogP contribution in [0.15, 0.2) is 24.5 Å². The lowest BCUT2D eigenvalue weighted by atomic mass is 9.92. The molecule has 0 amide bonds. The topological polar surface area (TPSA) is 50.7 Å². The van der Waals surface area contributed by atoms with Crippen LogP contribution in [0, 0.1) is 6.92 Å². The van der Waals surface area contributed by atoms with Crippen LogP contribution in [-0.2, 0) is 6.42 Å². The molecule has 4 nitrogen and oxygen atoms in total. The van der Waals surface area contributed by atoms with Gasteiger partial charge in [-0.1, -0.05) is 6.07 Å². The highest BCUT2D eigenvalue weighted by atomic mass is 14.9. The number of rotatable bonds is 2. The first-order valence-electron chi connectivity index (χ1n) is 6.74. The second kappa shape index (κ2) is 5.05. The molecule has 0 saturated carbocycles. The lowest BCUT2D eigenvalue weighted by molar-refractivity contribution is 0.487. The van der Waals surface area contributed by atoms with Crippen molar-refractivity contribution < 1.29 is 0 Å². The summed E-state index contributed by atoms with van der Waals surface area (Å²) in [6.07, 6.45) is 7.13. The minimum absolute atomic E-state index is 0.391. The maximum Gasteiger partial charge on any atom is 0.178 e. The van der Waals surface area contributed by atoms with E-state index in [4.69, 9.17) is 4.98 Å². The van der Waals surface area contributed by atoms with E-state index in [1.807, 2.05) is 32.3 Å². The van der Waals surface area contributed by atoms with E-state index < -0.39 is 0 Å². The van der Waals surface area contributed by atoms with Crippen LogP contribution < -0.4 is 5.32 Å². The number of hydrogen-bond donors (Lipinski definition) is 1. The fourth-order valence-electron chi connectivity index (χ4n) is 2.68. The zero-order valence-corrected chi connectivity index (χ0v) is 11.3. The van der Waals surface area contributed by atoms with E-state index in [9.17, 15) is 0 Å². The number of hydrogen-bond acceptors (Lipinski definition) is 4. The fourth-order valence-corrected chi connectivity index (χ4v) is 2.68. The van der Waals surface area contributed by atoms with Gasteiger partial charge in [0, 0.05) is 29.7 Å². The van der Waals surface area contributed by atoms with Crippen LogP contribution in [0.4, 0.5) is 0 Å². The van der Waals surface area contributed by atoms with E-state index in [1.54, 1.807) is 6.20 Å². The second-order valence-electron chi connectivity index (χ2n) is 5.00. The molecule has 1 atom stereocenters. The summed E-state index contributed by atoms with van der Waals surface area (Å²) < 4.78 is 0. The first-order chi connectivity index (χ1) is 9.29. The highest BCUT2D eigenvalue weighted by molar-refractivity contribution is 5.54. The molecule has 0 aromatic carbocycles. The van der Waals surface area contributed by atoms with Crippen LogP contribution in [0.2, 0.25) is 0 Å². The normalized spacial score (nSPS) is 18.1. The Bertz CT molecular complexity index is 594. The largest absolute Gasteiger partial charge is 0.313 e. The first kappa shape index (κ1) is 12.2. The van der Waals surface area contributed by atoms with E-state index in [0.717, 1.165) is 29.9 Å². The Kier molecular flexibility index (Phi) is 3.25. The molecular weight excluding hydrogens is 236 g/mol. The molecule has 4 heteroatoms. The number of nitrogens with one attached hydrogen (secondary N) is 1. The van der Waals surface area contributed by atoms with Crippen LogP contribution in [0.3, 0.4) is 0 Å². The van der Waals surface area contributed by atoms with E-state index >= 15 is 0 Å². The van der Waals surface area contributed by atoms with Gasteiger partial charge in [-0.15, -0.1) is 0 Å². The first-order valence-corrected chi connectivity index (χ1v) is 6.74. The van der Waals surface area contributed by atoms with Gasteiger partial charge in [-0.05, 0) is 44.9 Å². The van der Waals surface area contributed by atoms with Crippen molar-refractivity contribution in [3.8, 4) is 11.5 Å². The van der Waals surface area contributed by atoms with Gasteiger partial charge >= 0.3 is 0 Å². The molecule has 1 aliphatic carbocycles. The molecule has 2 aromatic heterocycles. The molecule has 19 heavy (non-hydrogen) atoms. The van der Waals surface area contributed by atoms with E-state index in [-0.39, 0.29) is 0 Å². The van der Waals surface area contributed by atoms with Gasteiger partial charge in [0.25, 0.3) is 0 Å². The van der Waals surface area contributed by atoms with Crippen LogP contribution in [0.1, 0.15) is 35.7 Å². The van der Waals surface area contributed by atoms with Gasteiger partial charge in [-0.2, -0.15) is 0 Å². The second-order valence-corrected chi connectivity index (χ2v) is 5.00. The molecule has 2 aromatic rings. The predicted octanol–water partition coefficient (Wildman–Crippen LogP) is 2.44. The SMILES string of the molecule is CNC1CCCc2nc(-c3ncccc3C)ncc21. The van der Waals surface area contributed by atoms with E-state index in [1.165, 1.54) is 17.7 Å². The zero-order valence-electron chi connectivity index (χ0n) is 11.3. The number of aromatic nitrogens is 3. The van der Waals surface area contributed by atoms with Crippen molar-refractivity contribution in [1.29, 1.82) is 0 Å². The Morgan fingerprint density at radius 2 is 2.21 bits per heavy atom. The van der Waals surface area contributed by atoms with Crippen molar-refractivity contribution in [1.82, 2.24) is 20.3 Å². The molecule has 1 N–H and O–H groups in total. The van der Waals surface area contributed by atoms with E-state index in [2.05, 4.69) is 15.3 Å². The van der Waals surface area contributed by atoms with Crippen molar-refractivity contribution in [3.63, 3.8) is 0 Å². The van der Waals surface area contributed by atoms with Crippen molar-refractivity contribution in [2.24, 2.45) is 0 Å². The molecule has 0 radical (unpaired) electrons. The molecule has 0 bridgehead atoms. The lowest BCUT2D eigenvalue weighted by Crippen LogP contribution is -2.23. The number of fused-ring (bicyclic) bond motifs is 1. The lowest BCUT2D eigenvalue weighted by Gasteiger charge is -2.24. The van der Waals surface area contributed by atoms with Crippen LogP contribution in [0.5, 0.6) is 0 Å². The number of nitrogens with zero attached hydrogens (tertiary/aromatic N) is 3. The number of aryl methyl sites for hydroxylation is 2. The minimum atomic E-state index is 0.391. The Labute approximate surface area is 113 Å². The highest BCUT2D eigenvalue weighted by Crippen LogP contribution is 2.29. The summed E-state index contributed by atoms with van der Waals surface area (Å²) in [7, 11) is 2.00. The third-order valence-corrected chi connectivity index (χ3v) is 3.75. The summed E-state index contributed by atoms with van der Waals surface area (Å²) in [6.45, 7) is 2.04. The monoisotopic (exact) mass is 254 g/mol. The standard InChI is InChI=1S/C15H18N4/c1-10-5-4-8-17-14(10)15-18-9-11-12(16-2)6-3-7-13(11)19-15/h4-5,8-9,12,16H,3,6-7H2,1-2H3. The van der Waals surface area contributed by atoms with Gasteiger partial charge < -0.3 is 5.32 Å². The Morgan fingerprint density at radius 1 is 1.32 bits per heavy atom. The molecule has 3 rings (SSSR count). The third-order valence-electron chi connectivity index (χ3n) is 3.75. The molecule has 2 heterocycles. The summed E-state index contributed by atoms with van der Waals surface area (Å²) in [5.41, 5.74) is 4.41. The molecule has 1 unspecified atom stereocenters. The number of pyridine rings is 1. The smallest absolute Gasteiger partial charge is 0.178 e. The van der Waals surface area contributed by atoms with Gasteiger partial charge in [0.1, 0.15) is 5.69 Å². The fraction of sp³-hybridized carbons (Fsp3) is 0.400. The van der Waals surface area contributed by atoms with Crippen LogP contribution in [0.25, 0.3) is 11.5 Å². The average molecular weight is 254 g/mol. The molecular formula is C15H18N4. The zero-order chi connectivity index (χ0) is 13.2. The molecule has 0 aliphatic heterocycles. The van der Waals surface area contributed by atoms with Gasteiger partial charge in [-0.25, -0.2) is 9.97 Å². The maximum absolute atomic E-state index is 4.73. The van der Waals surface area contributed by atoms with Gasteiger partial charge in [0.05, 0.1) is 0 Å². The summed E-state index contributed by atoms with van der Waals surface area (Å²) >= 11 is 0. The summed E-state index contributed by atoms with van der Waals surface area (Å²) in [6, 6.07) is 4.37. The van der Waals surface area contributed by atoms with E-state index in [0.29, 0.717) is 6.04 Å². The minimum Gasteiger partial charge on any atom is -0.313 e. The van der Waals surface area contributed by atoms with Crippen LogP contribution >= 0.6 is 0 Å². The average Bonchev–Trinajstić information content (AvgIpc) is 2.46. The van der Waals surface area contributed by atoms with Gasteiger partial charge in [0.2, 0.25) is 0 Å². The quantitative estimate of drug-likeness (QED) is 0.894. The van der Waals surface area contributed by atoms with Gasteiger partial charge in [-0.3, -0.25) is 4.98 Å². The molecule has 1 aliphatic rings. The molecule has 0 spiro atoms. The highest BCUT2D eigenvalue weighted by Gasteiger charge is 2.21. The van der Waals surface area contributed by atoms with Crippen molar-refractivity contribution in [2.45, 2.75) is 32.2 Å². The van der Waals surface area contributed by atoms with Gasteiger partial charge in [0.15, 0.2) is 5.82 Å². The molecule has 0 fully saturated rings. The maximum atomic E-state index is 4.73. The van der Waals surface area contributed by atoms with Crippen molar-refractivity contribution in [2.75, 3.05) is 7.05 Å². The summed E-state index contributed by atoms with van der Waals surface area (Å²) in [4.78, 5) is 13.6. The predicted molar refractivity (Wildman–Crippen MR) is 74.7 cm³/mol. The summed E-state index contributed by atoms with van der Waals surface area (Å²) in [5, 5.41) is 3.34. The molecule has 98 valence electrons. The summed E-state index contributed by atoms with van der Waals surface area (Å²) in [5.74, 6) is 0.744. The Hall–Kier alpha value is -1.81. The Balaban J connectivity index is 2.05. The van der Waals surface area contributed by atoms with Crippen molar-refractivity contribution in [3.05, 3.63) is 41.3 Å². The van der Waals surface area contributed by atoms with Crippen LogP contribution in [-0.4, -0.2) is 22.0 Å². The Morgan fingerprint density at radius 3 is 3.00 bits per heavy atom.